The smallest absolute Gasteiger partial charge is 0.159 e. The molecule has 1 saturated heterocycles. The van der Waals surface area contributed by atoms with Gasteiger partial charge in [-0.2, -0.15) is 5.26 Å². The van der Waals surface area contributed by atoms with Gasteiger partial charge >= 0.3 is 0 Å². The predicted molar refractivity (Wildman–Crippen MR) is 94.0 cm³/mol. The quantitative estimate of drug-likeness (QED) is 0.794. The van der Waals surface area contributed by atoms with Crippen molar-refractivity contribution in [2.24, 2.45) is 5.92 Å². The number of carbonyl (C=O) groups is 1. The first-order valence-electron chi connectivity index (χ1n) is 9.41. The average Bonchev–Trinajstić information content (AvgIpc) is 2.60. The summed E-state index contributed by atoms with van der Waals surface area (Å²) in [6.07, 6.45) is 8.12. The van der Waals surface area contributed by atoms with E-state index in [-0.39, 0.29) is 11.2 Å². The van der Waals surface area contributed by atoms with Crippen LogP contribution in [-0.4, -0.2) is 29.8 Å². The summed E-state index contributed by atoms with van der Waals surface area (Å²) in [5, 5.41) is 8.98. The van der Waals surface area contributed by atoms with E-state index in [1.807, 2.05) is 6.07 Å². The number of fused-ring (bicyclic) bond motifs is 1. The molecule has 3 atom stereocenters. The predicted octanol–water partition coefficient (Wildman–Crippen LogP) is 3.86. The van der Waals surface area contributed by atoms with Gasteiger partial charge in [0.25, 0.3) is 0 Å². The Morgan fingerprint density at radius 3 is 3.04 bits per heavy atom. The van der Waals surface area contributed by atoms with Gasteiger partial charge in [-0.25, -0.2) is 0 Å². The summed E-state index contributed by atoms with van der Waals surface area (Å²) >= 11 is 0. The lowest BCUT2D eigenvalue weighted by Gasteiger charge is -2.59. The van der Waals surface area contributed by atoms with Crippen molar-refractivity contribution in [2.45, 2.75) is 63.3 Å². The van der Waals surface area contributed by atoms with Crippen LogP contribution < -0.4 is 0 Å². The third kappa shape index (κ3) is 2.31. The zero-order valence-corrected chi connectivity index (χ0v) is 14.6. The topological polar surface area (TPSA) is 44.1 Å². The second-order valence-corrected chi connectivity index (χ2v) is 7.90. The fraction of sp³-hybridized carbons (Fsp3) is 0.619. The minimum absolute atomic E-state index is 0.176. The van der Waals surface area contributed by atoms with Crippen LogP contribution in [0.2, 0.25) is 0 Å². The number of ketones is 1. The zero-order chi connectivity index (χ0) is 16.7. The lowest BCUT2D eigenvalue weighted by Crippen LogP contribution is -2.61. The minimum atomic E-state index is 0.176. The van der Waals surface area contributed by atoms with Gasteiger partial charge < -0.3 is 0 Å². The molecule has 2 fully saturated rings. The molecule has 0 N–H and O–H groups in total. The summed E-state index contributed by atoms with van der Waals surface area (Å²) in [5.41, 5.74) is 4.09. The van der Waals surface area contributed by atoms with Crippen molar-refractivity contribution >= 4 is 5.78 Å². The molecule has 1 aromatic carbocycles. The SMILES string of the molecule is CC(=O)c1ccc2c(c1)[C@@]13CCCC[C@H]1[C@@H](C2)N(CCC#N)CC3. The van der Waals surface area contributed by atoms with Crippen LogP contribution in [0.3, 0.4) is 0 Å². The maximum atomic E-state index is 11.9. The number of nitrogens with zero attached hydrogens (tertiary/aromatic N) is 2. The standard InChI is InChI=1S/C21H26N2O/c1-15(24)16-6-7-17-14-20-18-5-2-3-8-21(18,19(17)13-16)9-12-23(20)11-4-10-22/h6-7,13,18,20H,2-5,8-9,11-12,14H2,1H3/t18-,20+,21+/m0/s1. The molecule has 0 amide bonds. The van der Waals surface area contributed by atoms with Crippen molar-refractivity contribution in [3.05, 3.63) is 34.9 Å². The van der Waals surface area contributed by atoms with Crippen molar-refractivity contribution in [1.82, 2.24) is 4.90 Å². The molecule has 0 unspecified atom stereocenters. The van der Waals surface area contributed by atoms with E-state index in [9.17, 15) is 4.79 Å². The van der Waals surface area contributed by atoms with Gasteiger partial charge in [-0.3, -0.25) is 9.69 Å². The first-order chi connectivity index (χ1) is 11.7. The Labute approximate surface area is 144 Å². The van der Waals surface area contributed by atoms with Crippen molar-refractivity contribution in [3.8, 4) is 6.07 Å². The van der Waals surface area contributed by atoms with E-state index >= 15 is 0 Å². The van der Waals surface area contributed by atoms with Gasteiger partial charge in [0.1, 0.15) is 0 Å². The molecule has 24 heavy (non-hydrogen) atoms. The van der Waals surface area contributed by atoms with Gasteiger partial charge in [0.05, 0.1) is 6.07 Å². The van der Waals surface area contributed by atoms with E-state index in [0.29, 0.717) is 18.4 Å². The van der Waals surface area contributed by atoms with Crippen molar-refractivity contribution in [3.63, 3.8) is 0 Å². The van der Waals surface area contributed by atoms with E-state index < -0.39 is 0 Å². The number of likely N-dealkylation sites (tertiary alicyclic amines) is 1. The maximum Gasteiger partial charge on any atom is 0.159 e. The summed E-state index contributed by atoms with van der Waals surface area (Å²) in [7, 11) is 0. The van der Waals surface area contributed by atoms with Crippen molar-refractivity contribution in [2.75, 3.05) is 13.1 Å². The minimum Gasteiger partial charge on any atom is -0.299 e. The van der Waals surface area contributed by atoms with Gasteiger partial charge in [-0.05, 0) is 62.3 Å². The van der Waals surface area contributed by atoms with Gasteiger partial charge in [-0.15, -0.1) is 0 Å². The maximum absolute atomic E-state index is 11.9. The number of piperidine rings is 1. The lowest BCUT2D eigenvalue weighted by atomic mass is 9.52. The molecule has 1 aromatic rings. The van der Waals surface area contributed by atoms with Crippen LogP contribution in [0.4, 0.5) is 0 Å². The number of nitriles is 1. The highest BCUT2D eigenvalue weighted by molar-refractivity contribution is 5.94. The molecule has 2 bridgehead atoms. The molecule has 4 rings (SSSR count). The number of benzene rings is 1. The summed E-state index contributed by atoms with van der Waals surface area (Å²) in [4.78, 5) is 14.5. The fourth-order valence-corrected chi connectivity index (χ4v) is 5.77. The Bertz CT molecular complexity index is 704. The molecule has 3 heteroatoms. The van der Waals surface area contributed by atoms with Crippen LogP contribution in [0.1, 0.15) is 66.9 Å². The first-order valence-corrected chi connectivity index (χ1v) is 9.41. The number of hydrogen-bond acceptors (Lipinski definition) is 3. The van der Waals surface area contributed by atoms with Gasteiger partial charge in [0.2, 0.25) is 0 Å². The largest absolute Gasteiger partial charge is 0.299 e. The molecule has 0 spiro atoms. The first kappa shape index (κ1) is 15.8. The number of rotatable bonds is 3. The van der Waals surface area contributed by atoms with Crippen LogP contribution in [0.25, 0.3) is 0 Å². The Morgan fingerprint density at radius 1 is 1.38 bits per heavy atom. The highest BCUT2D eigenvalue weighted by Gasteiger charge is 2.53. The summed E-state index contributed by atoms with van der Waals surface area (Å²) in [6.45, 7) is 3.69. The molecular weight excluding hydrogens is 296 g/mol. The molecular formula is C21H26N2O. The summed E-state index contributed by atoms with van der Waals surface area (Å²) in [5.74, 6) is 0.878. The highest BCUT2D eigenvalue weighted by atomic mass is 16.1. The number of hydrogen-bond donors (Lipinski definition) is 0. The molecule has 3 aliphatic rings. The van der Waals surface area contributed by atoms with E-state index in [2.05, 4.69) is 23.1 Å². The van der Waals surface area contributed by atoms with Gasteiger partial charge in [0.15, 0.2) is 5.78 Å². The summed E-state index contributed by atoms with van der Waals surface area (Å²) in [6, 6.07) is 9.34. The van der Waals surface area contributed by atoms with Crippen LogP contribution in [0, 0.1) is 17.2 Å². The summed E-state index contributed by atoms with van der Waals surface area (Å²) < 4.78 is 0. The Hall–Kier alpha value is -1.66. The zero-order valence-electron chi connectivity index (χ0n) is 14.6. The van der Waals surface area contributed by atoms with E-state index in [1.54, 1.807) is 6.92 Å². The molecule has 1 aliphatic heterocycles. The van der Waals surface area contributed by atoms with Crippen LogP contribution >= 0.6 is 0 Å². The Morgan fingerprint density at radius 2 is 2.25 bits per heavy atom. The third-order valence-corrected chi connectivity index (χ3v) is 6.87. The van der Waals surface area contributed by atoms with Gasteiger partial charge in [-0.1, -0.05) is 25.0 Å². The average molecular weight is 322 g/mol. The molecule has 0 radical (unpaired) electrons. The Balaban J connectivity index is 1.78. The third-order valence-electron chi connectivity index (χ3n) is 6.87. The molecule has 2 aliphatic carbocycles. The van der Waals surface area contributed by atoms with Crippen molar-refractivity contribution < 1.29 is 4.79 Å². The second-order valence-electron chi connectivity index (χ2n) is 7.90. The van der Waals surface area contributed by atoms with Crippen LogP contribution in [0.15, 0.2) is 18.2 Å². The van der Waals surface area contributed by atoms with Crippen molar-refractivity contribution in [1.29, 1.82) is 5.26 Å². The lowest BCUT2D eigenvalue weighted by molar-refractivity contribution is -0.0101. The molecule has 1 heterocycles. The molecule has 1 saturated carbocycles. The normalized spacial score (nSPS) is 31.7. The number of carbonyl (C=O) groups excluding carboxylic acids is 1. The fourth-order valence-electron chi connectivity index (χ4n) is 5.77. The number of Topliss-reactive ketones (excluding diaryl/α,β-unsaturated/α-hetero) is 1. The molecule has 3 nitrogen and oxygen atoms in total. The van der Waals surface area contributed by atoms with Crippen LogP contribution in [-0.2, 0) is 11.8 Å². The van der Waals surface area contributed by atoms with E-state index in [1.165, 1.54) is 43.2 Å². The molecule has 0 aromatic heterocycles. The highest BCUT2D eigenvalue weighted by Crippen LogP contribution is 2.55. The Kier molecular flexibility index (Phi) is 3.96. The van der Waals surface area contributed by atoms with E-state index in [4.69, 9.17) is 5.26 Å². The molecule has 126 valence electrons. The van der Waals surface area contributed by atoms with Gasteiger partial charge in [0, 0.05) is 30.0 Å². The van der Waals surface area contributed by atoms with E-state index in [0.717, 1.165) is 25.1 Å². The van der Waals surface area contributed by atoms with Crippen LogP contribution in [0.5, 0.6) is 0 Å². The second kappa shape index (κ2) is 6.01. The monoisotopic (exact) mass is 322 g/mol.